The number of hydrogen-bond acceptors (Lipinski definition) is 17. The van der Waals surface area contributed by atoms with Crippen molar-refractivity contribution in [3.63, 3.8) is 0 Å². The highest BCUT2D eigenvalue weighted by Crippen LogP contribution is 2.25. The normalized spacial score (nSPS) is 12.1. The van der Waals surface area contributed by atoms with Crippen LogP contribution in [0.15, 0.2) is 48.5 Å². The second kappa shape index (κ2) is 50.8. The van der Waals surface area contributed by atoms with Gasteiger partial charge in [0, 0.05) is 29.8 Å². The van der Waals surface area contributed by atoms with Gasteiger partial charge in [0.1, 0.15) is 26.4 Å². The number of urea groups is 1. The molecule has 548 valence electrons. The monoisotopic (exact) mass is 1360 g/mol. The van der Waals surface area contributed by atoms with Gasteiger partial charge < -0.3 is 70.0 Å². The molecule has 0 aliphatic rings. The Morgan fingerprint density at radius 3 is 1.35 bits per heavy atom. The molecule has 0 radical (unpaired) electrons. The molecule has 0 fully saturated rings. The maximum Gasteiger partial charge on any atom is 0.407 e. The molecule has 2 aromatic carbocycles. The van der Waals surface area contributed by atoms with Gasteiger partial charge in [-0.1, -0.05) is 114 Å². The molecule has 0 aromatic heterocycles. The summed E-state index contributed by atoms with van der Waals surface area (Å²) in [4.78, 5) is 115. The molecule has 0 heterocycles. The average molecular weight is 1360 g/mol. The summed E-state index contributed by atoms with van der Waals surface area (Å²) < 4.78 is 36.7. The minimum atomic E-state index is -1.03. The van der Waals surface area contributed by atoms with Crippen molar-refractivity contribution < 1.29 is 91.3 Å². The first kappa shape index (κ1) is 90.6. The van der Waals surface area contributed by atoms with Crippen LogP contribution in [0, 0.1) is 33.5 Å². The first-order valence-electron chi connectivity index (χ1n) is 34.3. The molecule has 24 heteroatoms. The van der Waals surface area contributed by atoms with Crippen LogP contribution in [0.25, 0.3) is 0 Å². The van der Waals surface area contributed by atoms with Gasteiger partial charge in [0.05, 0.1) is 66.3 Å². The van der Waals surface area contributed by atoms with Crippen molar-refractivity contribution in [2.75, 3.05) is 76.5 Å². The second-order valence-corrected chi connectivity index (χ2v) is 26.0. The van der Waals surface area contributed by atoms with Crippen LogP contribution in [-0.2, 0) is 57.1 Å². The number of carbonyl (C=O) groups excluding carboxylic acids is 8. The van der Waals surface area contributed by atoms with Gasteiger partial charge in [-0.2, -0.15) is 0 Å². The third-order valence-corrected chi connectivity index (χ3v) is 16.3. The van der Waals surface area contributed by atoms with Gasteiger partial charge >= 0.3 is 54.0 Å². The lowest BCUT2D eigenvalue weighted by Gasteiger charge is -2.21. The first-order valence-corrected chi connectivity index (χ1v) is 34.3. The van der Waals surface area contributed by atoms with E-state index in [9.17, 15) is 47.9 Å². The van der Waals surface area contributed by atoms with E-state index in [2.05, 4.69) is 54.3 Å². The van der Waals surface area contributed by atoms with Crippen molar-refractivity contribution >= 4 is 71.3 Å². The number of carboxylic acids is 2. The van der Waals surface area contributed by atoms with Gasteiger partial charge in [0.15, 0.2) is 0 Å². The molecule has 0 saturated carbocycles. The number of carbonyl (C=O) groups is 10. The number of anilines is 2. The molecule has 96 heavy (non-hydrogen) atoms. The van der Waals surface area contributed by atoms with Crippen LogP contribution in [0.1, 0.15) is 241 Å². The van der Waals surface area contributed by atoms with Gasteiger partial charge in [0.25, 0.3) is 0 Å². The smallest absolute Gasteiger partial charge is 0.407 e. The second-order valence-electron chi connectivity index (χ2n) is 26.0. The van der Waals surface area contributed by atoms with E-state index in [4.69, 9.17) is 43.4 Å². The number of unbranched alkanes of at least 4 members (excludes halogenated alkanes) is 4. The minimum Gasteiger partial charge on any atom is -0.478 e. The van der Waals surface area contributed by atoms with Crippen LogP contribution < -0.4 is 26.6 Å². The molecule has 0 bridgehead atoms. The summed E-state index contributed by atoms with van der Waals surface area (Å²) in [5.74, 6) is -2.10. The van der Waals surface area contributed by atoms with Crippen LogP contribution in [0.5, 0.6) is 0 Å². The standard InChI is InChI=1S/C23H43NO6.C20H39NO5.C16H22N2O5.C13H17NO3/c1-6-9-13-19(7-2)18-30-20(25)14-11-10-12-16-29-22(27)24-15-17-28-21(26)23(4,5)8-3;1-7-10-11-17(8-2)15-25-16(4)14-26-19(23)21-12-13-24-18(22)20(5,6)9-3;1-4-16(2,3)14(21)23-10-9-17-15(22)18-12-7-5-11(6-8-12)13(19)20;1-4-13(2,3)12(17)14-10-7-5-6-9(8-10)11(15)16/h19H,6-18H2,1-5H3,(H,24,27);16-17H,7-15H2,1-6H3,(H,21,23);5-8H,4,9-10H2,1-3H3,(H,19,20)(H2,17,18,22);5-8H,4H2,1-3H3,(H,14,17)(H,15,16). The predicted molar refractivity (Wildman–Crippen MR) is 372 cm³/mol. The SMILES string of the molecule is CCC(C)(C)C(=O)Nc1cccc(C(=O)O)c1.CCC(C)(C)C(=O)OCCNC(=O)Nc1ccc(C(=O)O)cc1.CCCCC(CC)COC(=O)CCCCCOC(=O)NCCOC(=O)C(C)(C)CC.CCCCC(CC)COC(C)COC(=O)NCCOC(=O)C(C)(C)CC. The molecule has 3 unspecified atom stereocenters. The maximum atomic E-state index is 11.9. The molecule has 0 aliphatic carbocycles. The number of nitrogens with one attached hydrogen (secondary N) is 5. The van der Waals surface area contributed by atoms with Gasteiger partial charge in [-0.15, -0.1) is 0 Å². The number of carboxylic acid groups (broad SMARTS) is 2. The Morgan fingerprint density at radius 2 is 0.906 bits per heavy atom. The van der Waals surface area contributed by atoms with Crippen molar-refractivity contribution in [2.45, 2.75) is 227 Å². The number of aromatic carboxylic acids is 2. The van der Waals surface area contributed by atoms with Crippen LogP contribution in [-0.4, -0.2) is 142 Å². The van der Waals surface area contributed by atoms with E-state index in [0.717, 1.165) is 44.9 Å². The summed E-state index contributed by atoms with van der Waals surface area (Å²) >= 11 is 0. The predicted octanol–water partition coefficient (Wildman–Crippen LogP) is 14.6. The maximum absolute atomic E-state index is 11.9. The topological polar surface area (TPSA) is 336 Å². The van der Waals surface area contributed by atoms with Gasteiger partial charge in [-0.05, 0) is 161 Å². The summed E-state index contributed by atoms with van der Waals surface area (Å²) in [5.41, 5.74) is -0.722. The Balaban J connectivity index is 0. The molecule has 0 saturated heterocycles. The van der Waals surface area contributed by atoms with Crippen LogP contribution in [0.2, 0.25) is 0 Å². The van der Waals surface area contributed by atoms with Crippen molar-refractivity contribution in [1.29, 1.82) is 0 Å². The van der Waals surface area contributed by atoms with E-state index in [1.165, 1.54) is 62.1 Å². The highest BCUT2D eigenvalue weighted by molar-refractivity contribution is 5.96. The average Bonchev–Trinajstić information content (AvgIpc) is 0.965. The third kappa shape index (κ3) is 42.8. The molecule has 2 aromatic rings. The van der Waals surface area contributed by atoms with Crippen molar-refractivity contribution in [3.8, 4) is 0 Å². The van der Waals surface area contributed by atoms with E-state index < -0.39 is 51.8 Å². The Labute approximate surface area is 572 Å². The Morgan fingerprint density at radius 1 is 0.448 bits per heavy atom. The lowest BCUT2D eigenvalue weighted by Crippen LogP contribution is -2.34. The zero-order chi connectivity index (χ0) is 73.3. The Hall–Kier alpha value is -7.50. The summed E-state index contributed by atoms with van der Waals surface area (Å²) in [6.07, 6.45) is 13.4. The minimum absolute atomic E-state index is 0.0909. The number of rotatable bonds is 42. The molecule has 24 nitrogen and oxygen atoms in total. The Kier molecular flexibility index (Phi) is 47.9. The molecule has 0 aliphatic heterocycles. The van der Waals surface area contributed by atoms with Crippen LogP contribution in [0.3, 0.4) is 0 Å². The van der Waals surface area contributed by atoms with Crippen molar-refractivity contribution in [1.82, 2.24) is 16.0 Å². The van der Waals surface area contributed by atoms with Gasteiger partial charge in [-0.25, -0.2) is 24.0 Å². The molecular formula is C72H121N5O19. The lowest BCUT2D eigenvalue weighted by molar-refractivity contribution is -0.154. The summed E-state index contributed by atoms with van der Waals surface area (Å²) in [7, 11) is 0. The van der Waals surface area contributed by atoms with Crippen molar-refractivity contribution in [2.24, 2.45) is 33.5 Å². The highest BCUT2D eigenvalue weighted by atomic mass is 16.6. The van der Waals surface area contributed by atoms with E-state index in [1.54, 1.807) is 26.0 Å². The van der Waals surface area contributed by atoms with E-state index >= 15 is 0 Å². The number of benzene rings is 2. The third-order valence-electron chi connectivity index (χ3n) is 16.3. The van der Waals surface area contributed by atoms with Crippen LogP contribution >= 0.6 is 0 Å². The lowest BCUT2D eigenvalue weighted by atomic mass is 9.89. The number of esters is 4. The summed E-state index contributed by atoms with van der Waals surface area (Å²) in [6.45, 7) is 35.6. The zero-order valence-electron chi connectivity index (χ0n) is 61.1. The van der Waals surface area contributed by atoms with E-state index in [-0.39, 0.29) is 93.1 Å². The van der Waals surface area contributed by atoms with Crippen LogP contribution in [0.4, 0.5) is 25.8 Å². The van der Waals surface area contributed by atoms with Crippen molar-refractivity contribution in [3.05, 3.63) is 59.7 Å². The zero-order valence-corrected chi connectivity index (χ0v) is 61.1. The molecule has 0 spiro atoms. The number of hydrogen-bond donors (Lipinski definition) is 7. The summed E-state index contributed by atoms with van der Waals surface area (Å²) in [5, 5.41) is 30.6. The van der Waals surface area contributed by atoms with Gasteiger partial charge in [0.2, 0.25) is 5.91 Å². The molecule has 7 N–H and O–H groups in total. The Bertz CT molecular complexity index is 2590. The largest absolute Gasteiger partial charge is 0.478 e. The molecular weight excluding hydrogens is 1240 g/mol. The first-order chi connectivity index (χ1) is 45.1. The van der Waals surface area contributed by atoms with E-state index in [0.29, 0.717) is 75.1 Å². The van der Waals surface area contributed by atoms with Gasteiger partial charge in [-0.3, -0.25) is 24.0 Å². The highest BCUT2D eigenvalue weighted by Gasteiger charge is 2.29. The molecule has 2 rings (SSSR count). The number of ether oxygens (including phenoxy) is 7. The molecule has 3 atom stereocenters. The fourth-order valence-corrected chi connectivity index (χ4v) is 7.42. The molecule has 5 amide bonds. The van der Waals surface area contributed by atoms with E-state index in [1.807, 2.05) is 76.2 Å². The summed E-state index contributed by atoms with van der Waals surface area (Å²) in [6, 6.07) is 11.5. The number of amides is 5. The fraction of sp³-hybridized carbons (Fsp3) is 0.694. The number of alkyl carbamates (subject to hydrolysis) is 2. The fourth-order valence-electron chi connectivity index (χ4n) is 7.42. The quantitative estimate of drug-likeness (QED) is 0.0184.